The molecule has 0 amide bonds. The Morgan fingerprint density at radius 2 is 2.03 bits per heavy atom. The number of fused-ring (bicyclic) bond motifs is 1. The minimum atomic E-state index is -1.30. The second kappa shape index (κ2) is 9.77. The van der Waals surface area contributed by atoms with E-state index in [0.29, 0.717) is 24.9 Å². The molecule has 5 nitrogen and oxygen atoms in total. The largest absolute Gasteiger partial charge is 0.480 e. The number of nitrogens with zero attached hydrogens (tertiary/aromatic N) is 2. The second-order valence-corrected chi connectivity index (χ2v) is 8.92. The number of likely N-dealkylation sites (tertiary alicyclic amines) is 1. The van der Waals surface area contributed by atoms with E-state index in [1.807, 2.05) is 18.2 Å². The third-order valence-corrected chi connectivity index (χ3v) is 6.56. The van der Waals surface area contributed by atoms with E-state index in [-0.39, 0.29) is 6.54 Å². The molecule has 2 aliphatic rings. The third kappa shape index (κ3) is 5.42. The zero-order chi connectivity index (χ0) is 21.7. The van der Waals surface area contributed by atoms with E-state index in [4.69, 9.17) is 4.98 Å². The summed E-state index contributed by atoms with van der Waals surface area (Å²) in [4.78, 5) is 18.4. The quantitative estimate of drug-likeness (QED) is 0.566. The number of aryl methyl sites for hydroxylation is 2. The van der Waals surface area contributed by atoms with E-state index < -0.39 is 17.7 Å². The van der Waals surface area contributed by atoms with Gasteiger partial charge in [-0.15, -0.1) is 0 Å². The van der Waals surface area contributed by atoms with E-state index in [0.717, 1.165) is 56.6 Å². The summed E-state index contributed by atoms with van der Waals surface area (Å²) in [7, 11) is 0. The molecule has 2 unspecified atom stereocenters. The molecule has 1 aromatic heterocycles. The monoisotopic (exact) mass is 425 g/mol. The van der Waals surface area contributed by atoms with Crippen molar-refractivity contribution in [1.29, 1.82) is 0 Å². The van der Waals surface area contributed by atoms with Gasteiger partial charge in [-0.2, -0.15) is 0 Å². The number of halogens is 1. The summed E-state index contributed by atoms with van der Waals surface area (Å²) >= 11 is 0. The van der Waals surface area contributed by atoms with Gasteiger partial charge < -0.3 is 10.4 Å². The van der Waals surface area contributed by atoms with Crippen molar-refractivity contribution in [2.45, 2.75) is 63.1 Å². The van der Waals surface area contributed by atoms with Crippen LogP contribution in [-0.4, -0.2) is 46.3 Å². The lowest BCUT2D eigenvalue weighted by Crippen LogP contribution is -2.35. The number of nitrogens with one attached hydrogen (secondary N) is 1. The Morgan fingerprint density at radius 1 is 1.19 bits per heavy atom. The average Bonchev–Trinajstić information content (AvgIpc) is 3.15. The molecule has 1 saturated heterocycles. The fourth-order valence-corrected chi connectivity index (χ4v) is 4.87. The van der Waals surface area contributed by atoms with Crippen LogP contribution in [0.15, 0.2) is 42.5 Å². The molecular weight excluding hydrogens is 393 g/mol. The lowest BCUT2D eigenvalue weighted by atomic mass is 9.96. The van der Waals surface area contributed by atoms with Crippen LogP contribution in [0.1, 0.15) is 61.4 Å². The number of hydrogen-bond acceptors (Lipinski definition) is 4. The molecule has 2 aliphatic heterocycles. The fraction of sp³-hybridized carbons (Fsp3) is 0.520. The summed E-state index contributed by atoms with van der Waals surface area (Å²) in [6.07, 6.45) is 6.83. The Morgan fingerprint density at radius 3 is 2.84 bits per heavy atom. The maximum atomic E-state index is 15.4. The minimum Gasteiger partial charge on any atom is -0.480 e. The van der Waals surface area contributed by atoms with Crippen molar-refractivity contribution in [3.05, 3.63) is 59.3 Å². The lowest BCUT2D eigenvalue weighted by molar-refractivity contribution is -0.143. The van der Waals surface area contributed by atoms with E-state index in [1.165, 1.54) is 5.56 Å². The molecule has 0 aliphatic carbocycles. The summed E-state index contributed by atoms with van der Waals surface area (Å²) < 4.78 is 15.4. The van der Waals surface area contributed by atoms with Crippen LogP contribution in [0.3, 0.4) is 0 Å². The molecular formula is C25H32FN3O2. The first kappa shape index (κ1) is 21.8. The first-order valence-electron chi connectivity index (χ1n) is 11.5. The van der Waals surface area contributed by atoms with Crippen LogP contribution >= 0.6 is 0 Å². The molecule has 6 heteroatoms. The predicted octanol–water partition coefficient (Wildman–Crippen LogP) is 4.78. The number of benzene rings is 1. The van der Waals surface area contributed by atoms with Crippen molar-refractivity contribution < 1.29 is 14.3 Å². The Bertz CT molecular complexity index is 892. The SMILES string of the molecule is O=C(O)C(c1ccccc1)N1CCC(F)(CCCCCc2ccc3c(n2)NCCC3)C1. The first-order chi connectivity index (χ1) is 15.0. The van der Waals surface area contributed by atoms with Crippen LogP contribution in [0, 0.1) is 0 Å². The molecule has 2 atom stereocenters. The summed E-state index contributed by atoms with van der Waals surface area (Å²) in [6.45, 7) is 1.66. The van der Waals surface area contributed by atoms with Crippen molar-refractivity contribution in [3.8, 4) is 0 Å². The Hall–Kier alpha value is -2.47. The number of carboxylic acid groups (broad SMARTS) is 1. The van der Waals surface area contributed by atoms with Crippen LogP contribution in [-0.2, 0) is 17.6 Å². The highest BCUT2D eigenvalue weighted by Gasteiger charge is 2.42. The average molecular weight is 426 g/mol. The molecule has 0 radical (unpaired) electrons. The zero-order valence-electron chi connectivity index (χ0n) is 18.0. The predicted molar refractivity (Wildman–Crippen MR) is 120 cm³/mol. The molecule has 0 saturated carbocycles. The van der Waals surface area contributed by atoms with Gasteiger partial charge in [0, 0.05) is 25.3 Å². The standard InChI is InChI=1S/C25H32FN3O2/c26-25(15-17-29(18-25)22(24(30)31)19-8-3-1-4-9-19)14-6-2-5-11-21-13-12-20-10-7-16-27-23(20)28-21/h1,3-4,8-9,12-13,22H,2,5-7,10-11,14-18H2,(H,27,28)(H,30,31). The minimum absolute atomic E-state index is 0.191. The van der Waals surface area contributed by atoms with Crippen LogP contribution in [0.2, 0.25) is 0 Å². The van der Waals surface area contributed by atoms with Crippen LogP contribution in [0.4, 0.5) is 10.2 Å². The molecule has 1 fully saturated rings. The molecule has 4 rings (SSSR count). The van der Waals surface area contributed by atoms with E-state index in [2.05, 4.69) is 17.4 Å². The molecule has 2 N–H and O–H groups in total. The first-order valence-corrected chi connectivity index (χ1v) is 11.5. The van der Waals surface area contributed by atoms with Gasteiger partial charge in [-0.05, 0) is 55.7 Å². The number of unbranched alkanes of at least 4 members (excludes halogenated alkanes) is 2. The number of pyridine rings is 1. The van der Waals surface area contributed by atoms with E-state index in [9.17, 15) is 9.90 Å². The van der Waals surface area contributed by atoms with Gasteiger partial charge in [-0.25, -0.2) is 9.37 Å². The number of aliphatic carboxylic acids is 1. The highest BCUT2D eigenvalue weighted by atomic mass is 19.1. The van der Waals surface area contributed by atoms with Gasteiger partial charge in [0.15, 0.2) is 0 Å². The number of alkyl halides is 1. The molecule has 0 spiro atoms. The van der Waals surface area contributed by atoms with Crippen molar-refractivity contribution in [2.24, 2.45) is 0 Å². The van der Waals surface area contributed by atoms with Crippen molar-refractivity contribution >= 4 is 11.8 Å². The maximum Gasteiger partial charge on any atom is 0.325 e. The highest BCUT2D eigenvalue weighted by Crippen LogP contribution is 2.36. The summed E-state index contributed by atoms with van der Waals surface area (Å²) in [5, 5.41) is 13.1. The van der Waals surface area contributed by atoms with Gasteiger partial charge in [0.2, 0.25) is 0 Å². The number of carboxylic acids is 1. The van der Waals surface area contributed by atoms with Crippen molar-refractivity contribution in [2.75, 3.05) is 25.0 Å². The van der Waals surface area contributed by atoms with Gasteiger partial charge in [-0.3, -0.25) is 9.69 Å². The molecule has 2 aromatic rings. The number of carbonyl (C=O) groups is 1. The van der Waals surface area contributed by atoms with Crippen LogP contribution < -0.4 is 5.32 Å². The number of aromatic nitrogens is 1. The maximum absolute atomic E-state index is 15.4. The topological polar surface area (TPSA) is 65.5 Å². The number of rotatable bonds is 9. The highest BCUT2D eigenvalue weighted by molar-refractivity contribution is 5.75. The lowest BCUT2D eigenvalue weighted by Gasteiger charge is -2.26. The molecule has 1 aromatic carbocycles. The van der Waals surface area contributed by atoms with Gasteiger partial charge in [0.25, 0.3) is 0 Å². The molecule has 0 bridgehead atoms. The zero-order valence-corrected chi connectivity index (χ0v) is 18.0. The van der Waals surface area contributed by atoms with Crippen molar-refractivity contribution in [1.82, 2.24) is 9.88 Å². The van der Waals surface area contributed by atoms with E-state index in [1.54, 1.807) is 17.0 Å². The van der Waals surface area contributed by atoms with Crippen LogP contribution in [0.25, 0.3) is 0 Å². The number of hydrogen-bond donors (Lipinski definition) is 2. The Kier molecular flexibility index (Phi) is 6.86. The summed E-state index contributed by atoms with van der Waals surface area (Å²) in [5.41, 5.74) is 1.82. The molecule has 166 valence electrons. The van der Waals surface area contributed by atoms with Gasteiger partial charge >= 0.3 is 5.97 Å². The van der Waals surface area contributed by atoms with Gasteiger partial charge in [0.1, 0.15) is 17.5 Å². The third-order valence-electron chi connectivity index (χ3n) is 6.56. The normalized spacial score (nSPS) is 22.0. The number of anilines is 1. The summed E-state index contributed by atoms with van der Waals surface area (Å²) in [5.74, 6) is 0.117. The Balaban J connectivity index is 1.23. The summed E-state index contributed by atoms with van der Waals surface area (Å²) in [6, 6.07) is 12.7. The van der Waals surface area contributed by atoms with Crippen LogP contribution in [0.5, 0.6) is 0 Å². The van der Waals surface area contributed by atoms with E-state index >= 15 is 4.39 Å². The molecule has 3 heterocycles. The second-order valence-electron chi connectivity index (χ2n) is 8.92. The van der Waals surface area contributed by atoms with Gasteiger partial charge in [0.05, 0.1) is 0 Å². The molecule has 31 heavy (non-hydrogen) atoms. The van der Waals surface area contributed by atoms with Gasteiger partial charge in [-0.1, -0.05) is 49.2 Å². The fourth-order valence-electron chi connectivity index (χ4n) is 4.87. The smallest absolute Gasteiger partial charge is 0.325 e. The van der Waals surface area contributed by atoms with Crippen molar-refractivity contribution in [3.63, 3.8) is 0 Å². The Labute approximate surface area is 183 Å².